The van der Waals surface area contributed by atoms with Gasteiger partial charge in [0.05, 0.1) is 6.04 Å². The summed E-state index contributed by atoms with van der Waals surface area (Å²) < 4.78 is 5.43. The number of benzene rings is 1. The van der Waals surface area contributed by atoms with Crippen LogP contribution in [0.2, 0.25) is 0 Å². The topological polar surface area (TPSA) is 53.6 Å². The summed E-state index contributed by atoms with van der Waals surface area (Å²) in [6.45, 7) is 9.82. The van der Waals surface area contributed by atoms with Gasteiger partial charge in [-0.3, -0.25) is 0 Å². The molecule has 0 bridgehead atoms. The zero-order valence-electron chi connectivity index (χ0n) is 15.0. The highest BCUT2D eigenvalue weighted by Gasteiger charge is 2.27. The van der Waals surface area contributed by atoms with Gasteiger partial charge < -0.3 is 20.3 Å². The SMILES string of the molecule is CC(C)(C)OC(=O)N[C@@H]1CCCc2c1cccc2N1CCNCC1. The van der Waals surface area contributed by atoms with Gasteiger partial charge in [-0.1, -0.05) is 12.1 Å². The van der Waals surface area contributed by atoms with Crippen molar-refractivity contribution in [2.45, 2.75) is 51.7 Å². The van der Waals surface area contributed by atoms with Crippen molar-refractivity contribution in [1.82, 2.24) is 10.6 Å². The van der Waals surface area contributed by atoms with Crippen LogP contribution in [0.4, 0.5) is 10.5 Å². The van der Waals surface area contributed by atoms with E-state index in [0.717, 1.165) is 45.4 Å². The molecule has 0 radical (unpaired) electrons. The molecule has 0 spiro atoms. The van der Waals surface area contributed by atoms with E-state index in [-0.39, 0.29) is 12.1 Å². The number of piperazine rings is 1. The molecule has 5 heteroatoms. The summed E-state index contributed by atoms with van der Waals surface area (Å²) in [5.41, 5.74) is 3.52. The van der Waals surface area contributed by atoms with Gasteiger partial charge in [0.25, 0.3) is 0 Å². The molecule has 0 aromatic heterocycles. The summed E-state index contributed by atoms with van der Waals surface area (Å²) in [5.74, 6) is 0. The Morgan fingerprint density at radius 3 is 2.75 bits per heavy atom. The van der Waals surface area contributed by atoms with Gasteiger partial charge in [0.15, 0.2) is 0 Å². The van der Waals surface area contributed by atoms with Crippen LogP contribution in [0.25, 0.3) is 0 Å². The van der Waals surface area contributed by atoms with E-state index in [1.54, 1.807) is 0 Å². The Kier molecular flexibility index (Phi) is 4.99. The second kappa shape index (κ2) is 7.01. The number of amides is 1. The molecule has 1 aliphatic carbocycles. The minimum absolute atomic E-state index is 0.0477. The quantitative estimate of drug-likeness (QED) is 0.875. The molecule has 132 valence electrons. The zero-order valence-corrected chi connectivity index (χ0v) is 15.0. The molecule has 1 amide bonds. The van der Waals surface area contributed by atoms with Crippen molar-refractivity contribution in [2.24, 2.45) is 0 Å². The van der Waals surface area contributed by atoms with Crippen molar-refractivity contribution in [3.05, 3.63) is 29.3 Å². The van der Waals surface area contributed by atoms with Crippen LogP contribution in [-0.2, 0) is 11.2 Å². The summed E-state index contributed by atoms with van der Waals surface area (Å²) in [6, 6.07) is 6.54. The Bertz CT molecular complexity index is 589. The maximum atomic E-state index is 12.2. The number of ether oxygens (including phenoxy) is 1. The minimum atomic E-state index is -0.468. The van der Waals surface area contributed by atoms with Gasteiger partial charge in [-0.25, -0.2) is 4.79 Å². The number of nitrogens with one attached hydrogen (secondary N) is 2. The maximum Gasteiger partial charge on any atom is 0.408 e. The smallest absolute Gasteiger partial charge is 0.408 e. The molecule has 24 heavy (non-hydrogen) atoms. The van der Waals surface area contributed by atoms with Crippen molar-refractivity contribution in [3.8, 4) is 0 Å². The largest absolute Gasteiger partial charge is 0.444 e. The van der Waals surface area contributed by atoms with Crippen LogP contribution in [0, 0.1) is 0 Å². The number of carbonyl (C=O) groups excluding carboxylic acids is 1. The molecule has 1 aromatic rings. The highest BCUT2D eigenvalue weighted by molar-refractivity contribution is 5.69. The van der Waals surface area contributed by atoms with E-state index < -0.39 is 5.60 Å². The van der Waals surface area contributed by atoms with E-state index in [2.05, 4.69) is 33.7 Å². The number of hydrogen-bond donors (Lipinski definition) is 2. The predicted molar refractivity (Wildman–Crippen MR) is 96.6 cm³/mol. The summed E-state index contributed by atoms with van der Waals surface area (Å²) in [6.07, 6.45) is 2.82. The average Bonchev–Trinajstić information content (AvgIpc) is 2.54. The molecule has 2 N–H and O–H groups in total. The summed E-state index contributed by atoms with van der Waals surface area (Å²) in [7, 11) is 0. The number of anilines is 1. The van der Waals surface area contributed by atoms with E-state index in [9.17, 15) is 4.79 Å². The first kappa shape index (κ1) is 17.1. The third-order valence-corrected chi connectivity index (χ3v) is 4.63. The van der Waals surface area contributed by atoms with Crippen molar-refractivity contribution in [1.29, 1.82) is 0 Å². The first-order chi connectivity index (χ1) is 11.4. The lowest BCUT2D eigenvalue weighted by molar-refractivity contribution is 0.0498. The Balaban J connectivity index is 1.79. The molecule has 5 nitrogen and oxygen atoms in total. The second-order valence-corrected chi connectivity index (χ2v) is 7.67. The highest BCUT2D eigenvalue weighted by Crippen LogP contribution is 2.36. The Labute approximate surface area is 144 Å². The number of fused-ring (bicyclic) bond motifs is 1. The monoisotopic (exact) mass is 331 g/mol. The number of rotatable bonds is 2. The van der Waals surface area contributed by atoms with Crippen molar-refractivity contribution < 1.29 is 9.53 Å². The van der Waals surface area contributed by atoms with Gasteiger partial charge in [-0.15, -0.1) is 0 Å². The van der Waals surface area contributed by atoms with Crippen LogP contribution in [0.1, 0.15) is 50.8 Å². The molecule has 1 atom stereocenters. The molecule has 1 fully saturated rings. The van der Waals surface area contributed by atoms with Crippen LogP contribution >= 0.6 is 0 Å². The second-order valence-electron chi connectivity index (χ2n) is 7.67. The molecular weight excluding hydrogens is 302 g/mol. The molecule has 0 saturated carbocycles. The molecule has 0 unspecified atom stereocenters. The summed E-state index contributed by atoms with van der Waals surface area (Å²) in [4.78, 5) is 14.6. The van der Waals surface area contributed by atoms with Crippen LogP contribution in [-0.4, -0.2) is 37.9 Å². The molecule has 1 heterocycles. The van der Waals surface area contributed by atoms with E-state index in [0.29, 0.717) is 0 Å². The fourth-order valence-electron chi connectivity index (χ4n) is 3.63. The molecule has 1 aromatic carbocycles. The third-order valence-electron chi connectivity index (χ3n) is 4.63. The van der Waals surface area contributed by atoms with Gasteiger partial charge in [0.1, 0.15) is 5.60 Å². The molecule has 1 saturated heterocycles. The molecule has 2 aliphatic rings. The number of carbonyl (C=O) groups is 1. The summed E-state index contributed by atoms with van der Waals surface area (Å²) in [5, 5.41) is 6.48. The normalized spacial score (nSPS) is 21.1. The van der Waals surface area contributed by atoms with Gasteiger partial charge >= 0.3 is 6.09 Å². The lowest BCUT2D eigenvalue weighted by Gasteiger charge is -2.35. The number of hydrogen-bond acceptors (Lipinski definition) is 4. The van der Waals surface area contributed by atoms with Crippen LogP contribution in [0.3, 0.4) is 0 Å². The fraction of sp³-hybridized carbons (Fsp3) is 0.632. The predicted octanol–water partition coefficient (Wildman–Crippen LogP) is 3.00. The summed E-state index contributed by atoms with van der Waals surface area (Å²) >= 11 is 0. The maximum absolute atomic E-state index is 12.2. The molecule has 3 rings (SSSR count). The first-order valence-corrected chi connectivity index (χ1v) is 9.01. The van der Waals surface area contributed by atoms with Gasteiger partial charge in [0.2, 0.25) is 0 Å². The highest BCUT2D eigenvalue weighted by atomic mass is 16.6. The Morgan fingerprint density at radius 1 is 1.29 bits per heavy atom. The van der Waals surface area contributed by atoms with Gasteiger partial charge in [0, 0.05) is 31.9 Å². The lowest BCUT2D eigenvalue weighted by Crippen LogP contribution is -2.44. The first-order valence-electron chi connectivity index (χ1n) is 9.01. The lowest BCUT2D eigenvalue weighted by atomic mass is 9.86. The number of nitrogens with zero attached hydrogens (tertiary/aromatic N) is 1. The Morgan fingerprint density at radius 2 is 2.04 bits per heavy atom. The van der Waals surface area contributed by atoms with E-state index in [1.165, 1.54) is 16.8 Å². The van der Waals surface area contributed by atoms with Crippen molar-refractivity contribution in [2.75, 3.05) is 31.1 Å². The molecular formula is C19H29N3O2. The average molecular weight is 331 g/mol. The van der Waals surface area contributed by atoms with Gasteiger partial charge in [-0.05, 0) is 57.2 Å². The Hall–Kier alpha value is -1.75. The number of alkyl carbamates (subject to hydrolysis) is 1. The van der Waals surface area contributed by atoms with Crippen molar-refractivity contribution in [3.63, 3.8) is 0 Å². The van der Waals surface area contributed by atoms with Crippen LogP contribution in [0.15, 0.2) is 18.2 Å². The fourth-order valence-corrected chi connectivity index (χ4v) is 3.63. The van der Waals surface area contributed by atoms with E-state index in [4.69, 9.17) is 4.74 Å². The minimum Gasteiger partial charge on any atom is -0.444 e. The van der Waals surface area contributed by atoms with Crippen LogP contribution in [0.5, 0.6) is 0 Å². The zero-order chi connectivity index (χ0) is 17.2. The van der Waals surface area contributed by atoms with Crippen molar-refractivity contribution >= 4 is 11.8 Å². The van der Waals surface area contributed by atoms with E-state index >= 15 is 0 Å². The van der Waals surface area contributed by atoms with E-state index in [1.807, 2.05) is 20.8 Å². The molecule has 1 aliphatic heterocycles. The standard InChI is InChI=1S/C19H29N3O2/c1-19(2,3)24-18(23)21-16-8-4-7-15-14(16)6-5-9-17(15)22-12-10-20-11-13-22/h5-6,9,16,20H,4,7-8,10-13H2,1-3H3,(H,21,23)/t16-/m1/s1. The van der Waals surface area contributed by atoms with Crippen LogP contribution < -0.4 is 15.5 Å². The van der Waals surface area contributed by atoms with Gasteiger partial charge in [-0.2, -0.15) is 0 Å². The third kappa shape index (κ3) is 4.01.